The summed E-state index contributed by atoms with van der Waals surface area (Å²) in [4.78, 5) is 60.3. The number of furan rings is 2. The molecule has 2 aromatic carbocycles. The van der Waals surface area contributed by atoms with E-state index in [1.165, 1.54) is 17.3 Å². The number of ether oxygens (including phenoxy) is 6. The summed E-state index contributed by atoms with van der Waals surface area (Å²) in [5.41, 5.74) is 13.9. The van der Waals surface area contributed by atoms with Crippen LogP contribution in [-0.4, -0.2) is 198 Å². The molecule has 5 fully saturated rings. The van der Waals surface area contributed by atoms with Gasteiger partial charge in [-0.2, -0.15) is 19.6 Å². The van der Waals surface area contributed by atoms with E-state index in [2.05, 4.69) is 103 Å². The molecule has 5 aliphatic heterocycles. The van der Waals surface area contributed by atoms with E-state index in [9.17, 15) is 14.9 Å². The Morgan fingerprint density at radius 3 is 1.45 bits per heavy atom. The third kappa shape index (κ3) is 26.8. The Hall–Kier alpha value is -9.86. The number of amides is 2. The highest BCUT2D eigenvalue weighted by atomic mass is 79.9. The van der Waals surface area contributed by atoms with E-state index in [4.69, 9.17) is 95.2 Å². The number of nitriles is 2. The molecule has 35 heteroatoms. The number of fused-ring (bicyclic) bond motifs is 2. The highest BCUT2D eigenvalue weighted by Gasteiger charge is 2.52. The minimum absolute atomic E-state index is 0. The Morgan fingerprint density at radius 1 is 0.587 bits per heavy atom. The van der Waals surface area contributed by atoms with Crippen LogP contribution < -0.4 is 36.6 Å². The number of nitrogens with two attached hydrogens (primary N) is 1. The molecule has 0 spiro atoms. The number of carbonyl (C=O) groups is 2. The van der Waals surface area contributed by atoms with Gasteiger partial charge in [0.1, 0.15) is 76.3 Å². The van der Waals surface area contributed by atoms with Crippen LogP contribution in [0.1, 0.15) is 126 Å². The summed E-state index contributed by atoms with van der Waals surface area (Å²) in [6.07, 6.45) is 17.7. The second-order valence-corrected chi connectivity index (χ2v) is 31.5. The van der Waals surface area contributed by atoms with Gasteiger partial charge in [-0.25, -0.2) is 19.7 Å². The van der Waals surface area contributed by atoms with Crippen LogP contribution in [0, 0.1) is 35.8 Å². The molecule has 5 aliphatic rings. The van der Waals surface area contributed by atoms with E-state index >= 15 is 0 Å². The van der Waals surface area contributed by atoms with Crippen LogP contribution in [0.5, 0.6) is 11.5 Å². The number of nitrogens with zero attached hydrogens (tertiary/aromatic N) is 12. The van der Waals surface area contributed by atoms with Crippen molar-refractivity contribution in [1.29, 1.82) is 11.9 Å². The van der Waals surface area contributed by atoms with E-state index in [1.807, 2.05) is 58.0 Å². The number of anilines is 3. The lowest BCUT2D eigenvalue weighted by Crippen LogP contribution is -2.41. The van der Waals surface area contributed by atoms with Crippen LogP contribution in [0.4, 0.5) is 28.8 Å². The maximum atomic E-state index is 12.4. The normalized spacial score (nSPS) is 15.4. The topological polar surface area (TPSA) is 336 Å². The molecule has 0 bridgehead atoms. The summed E-state index contributed by atoms with van der Waals surface area (Å²) in [7, 11) is 12.7. The molecular formula is C86H102B2Br2Cl2N16O12P. The van der Waals surface area contributed by atoms with Crippen LogP contribution in [0.3, 0.4) is 0 Å². The second-order valence-electron chi connectivity index (χ2n) is 28.9. The minimum atomic E-state index is -0.500. The maximum absolute atomic E-state index is 12.4. The lowest BCUT2D eigenvalue weighted by Gasteiger charge is -2.32. The number of rotatable bonds is 14. The van der Waals surface area contributed by atoms with E-state index in [0.29, 0.717) is 138 Å². The number of aromatic nitrogens is 6. The molecule has 15 rings (SSSR count). The Bertz CT molecular complexity index is 5300. The smallest absolute Gasteiger partial charge is 0.495 e. The van der Waals surface area contributed by atoms with Crippen molar-refractivity contribution in [3.63, 3.8) is 0 Å². The number of halogens is 4. The first-order valence-corrected chi connectivity index (χ1v) is 41.0. The van der Waals surface area contributed by atoms with Gasteiger partial charge in [-0.05, 0) is 169 Å². The third-order valence-corrected chi connectivity index (χ3v) is 21.2. The number of methoxy groups -OCH3 is 2. The number of hydrogen-bond donors (Lipinski definition) is 4. The number of benzene rings is 2. The lowest BCUT2D eigenvalue weighted by atomic mass is 9.80. The van der Waals surface area contributed by atoms with Crippen LogP contribution in [0.15, 0.2) is 140 Å². The second kappa shape index (κ2) is 47.5. The predicted molar refractivity (Wildman–Crippen MR) is 488 cm³/mol. The average Bonchev–Trinajstić information content (AvgIpc) is 1.60. The Balaban J connectivity index is 0.000000212. The molecule has 13 heterocycles. The highest BCUT2D eigenvalue weighted by Crippen LogP contribution is 2.41. The molecule has 28 nitrogen and oxygen atoms in total. The van der Waals surface area contributed by atoms with Crippen LogP contribution >= 0.6 is 64.2 Å². The van der Waals surface area contributed by atoms with Crippen molar-refractivity contribution in [3.05, 3.63) is 186 Å². The fraction of sp³-hybridized carbons (Fsp3) is 0.395. The van der Waals surface area contributed by atoms with Gasteiger partial charge in [0.05, 0.1) is 65.8 Å². The average molecular weight is 1840 g/mol. The van der Waals surface area contributed by atoms with Crippen LogP contribution in [0.25, 0.3) is 65.7 Å². The molecule has 10 aromatic rings. The predicted octanol–water partition coefficient (Wildman–Crippen LogP) is 17.5. The van der Waals surface area contributed by atoms with Crippen LogP contribution in [0.2, 0.25) is 10.2 Å². The van der Waals surface area contributed by atoms with E-state index in [1.54, 1.807) is 140 Å². The van der Waals surface area contributed by atoms with Crippen molar-refractivity contribution in [1.82, 2.24) is 39.7 Å². The van der Waals surface area contributed by atoms with Crippen molar-refractivity contribution in [2.45, 2.75) is 129 Å². The van der Waals surface area contributed by atoms with Gasteiger partial charge in [0.25, 0.3) is 11.8 Å². The molecule has 0 saturated carbocycles. The van der Waals surface area contributed by atoms with E-state index in [0.717, 1.165) is 122 Å². The Labute approximate surface area is 739 Å². The zero-order valence-electron chi connectivity index (χ0n) is 68.8. The molecule has 1 atom stereocenters. The largest absolute Gasteiger partial charge is 0.496 e. The minimum Gasteiger partial charge on any atom is -0.496 e. The molecule has 5 saturated heterocycles. The molecule has 121 heavy (non-hydrogen) atoms. The van der Waals surface area contributed by atoms with Crippen molar-refractivity contribution >= 4 is 147 Å². The zero-order chi connectivity index (χ0) is 86.6. The SMILES string of the molecule is C.C.COc1cc(C(=O)N(C)C)ccc1-c1cc2nccc(-c3cnc(NC4CCOCC4)c(C#N)c3)c2o1.COc1cc(C(=O)N(C)C)ccc1-c1cc2nccc(Cl)c2o1.N#Cc1cc(Br)cnc1Cl.NC1CCOCC1.[2H][B]P.[C-]#[N+]c1cc(B2OC(C)(C)C(C)(C)O2)cnc1NC1CCOCC1.[C-]#[N+]c1cc(Br)cnc1NC1CCOCC1. The van der Waals surface area contributed by atoms with Gasteiger partial charge in [-0.15, -0.1) is 0 Å². The molecule has 637 valence electrons. The third-order valence-electron chi connectivity index (χ3n) is 19.7. The summed E-state index contributed by atoms with van der Waals surface area (Å²) in [6.45, 7) is 28.8. The van der Waals surface area contributed by atoms with E-state index in [-0.39, 0.29) is 37.9 Å². The van der Waals surface area contributed by atoms with Gasteiger partial charge in [0, 0.05) is 186 Å². The Morgan fingerprint density at radius 2 is 1.01 bits per heavy atom. The fourth-order valence-electron chi connectivity index (χ4n) is 12.4. The standard InChI is InChI=1S/C28H27N5O4.C17H24BN3O3.C17H15ClN2O3.C11H12BrN3O.C6H2BrClN2.C5H11NO.2CH4.BH3P/c1-33(2)28(34)17-4-5-22(24(13-17)35-3)25-14-23-26(37-25)21(6-9-30-23)19-12-18(15-29)27(31-16-19)32-20-7-10-36-11-8-20;1-16(2)17(3,4)24-18(23-16)12-10-14(19-5)15(20-11-12)21-13-6-8-22-9-7-13;1-20(2)17(21)10-4-5-11(14(8-10)22-3)15-9-13-16(23-15)12(18)6-7-19-13;1-13-10-6-8(12)7-14-11(10)15-9-2-4-16-5-3-9;7-5-1-4(2-9)6(8)10-3-5;6-5-1-3-7-4-2-5;;;1-2/h4-6,9,12-14,16,20H,7-8,10-11H2,1-3H3,(H,31,32);10-11,13H,6-9H2,1-4H3,(H,20,21);4-9H,1-3H3;6-7,9H,2-5H2,(H,14,15);1,3H;5H,1-4,6H2;2*1H4;1H,2H2/i;;;;;;;;1D. The molecule has 1 radical (unpaired) electrons. The summed E-state index contributed by atoms with van der Waals surface area (Å²) in [5.74, 6) is 3.86. The number of nitrogens with one attached hydrogen (secondary N) is 3. The quantitative estimate of drug-likeness (QED) is 0.0340. The molecule has 8 aromatic heterocycles. The molecule has 0 aliphatic carbocycles. The van der Waals surface area contributed by atoms with E-state index < -0.39 is 18.3 Å². The highest BCUT2D eigenvalue weighted by molar-refractivity contribution is 9.10. The van der Waals surface area contributed by atoms with Crippen molar-refractivity contribution in [3.8, 4) is 57.4 Å². The molecule has 1 unspecified atom stereocenters. The first-order chi connectivity index (χ1) is 57.6. The Kier molecular flexibility index (Phi) is 37.9. The van der Waals surface area contributed by atoms with Crippen molar-refractivity contribution < 1.29 is 56.2 Å². The van der Waals surface area contributed by atoms with Crippen LogP contribution in [-0.2, 0) is 28.3 Å². The van der Waals surface area contributed by atoms with Gasteiger partial charge in [0.2, 0.25) is 11.4 Å². The zero-order valence-corrected chi connectivity index (χ0v) is 73.6. The first-order valence-electron chi connectivity index (χ1n) is 38.6. The van der Waals surface area contributed by atoms with Gasteiger partial charge < -0.3 is 78.0 Å². The summed E-state index contributed by atoms with van der Waals surface area (Å²) < 4.78 is 63.9. The monoisotopic (exact) mass is 1830 g/mol. The summed E-state index contributed by atoms with van der Waals surface area (Å²) in [6, 6.07) is 30.1. The molecule has 2 amide bonds. The van der Waals surface area contributed by atoms with Gasteiger partial charge >= 0.3 is 7.12 Å². The maximum Gasteiger partial charge on any atom is 0.495 e. The summed E-state index contributed by atoms with van der Waals surface area (Å²) >= 11 is 18.1. The molecular weight excluding hydrogens is 1730 g/mol. The first kappa shape index (κ1) is 96.6. The van der Waals surface area contributed by atoms with Gasteiger partial charge in [-0.3, -0.25) is 29.5 Å². The van der Waals surface area contributed by atoms with Gasteiger partial charge in [-0.1, -0.05) is 60.1 Å². The number of carbonyl (C=O) groups excluding carboxylic acids is 2. The van der Waals surface area contributed by atoms with Gasteiger partial charge in [0.15, 0.2) is 11.2 Å². The fourth-order valence-corrected chi connectivity index (χ4v) is 13.4. The summed E-state index contributed by atoms with van der Waals surface area (Å²) in [5, 5.41) is 29.0. The number of hydrogen-bond acceptors (Lipinski definition) is 24. The lowest BCUT2D eigenvalue weighted by molar-refractivity contribution is 0.00578. The molecule has 5 N–H and O–H groups in total. The van der Waals surface area contributed by atoms with Crippen molar-refractivity contribution in [2.24, 2.45) is 5.73 Å². The number of pyridine rings is 6. The van der Waals surface area contributed by atoms with Crippen molar-refractivity contribution in [2.75, 3.05) is 111 Å².